The van der Waals surface area contributed by atoms with E-state index < -0.39 is 16.2 Å². The van der Waals surface area contributed by atoms with Crippen LogP contribution in [0, 0.1) is 0 Å². The van der Waals surface area contributed by atoms with E-state index in [1.54, 1.807) is 0 Å². The van der Waals surface area contributed by atoms with Crippen LogP contribution in [0.3, 0.4) is 0 Å². The van der Waals surface area contributed by atoms with Crippen LogP contribution < -0.4 is 5.32 Å². The van der Waals surface area contributed by atoms with Gasteiger partial charge in [-0.3, -0.25) is 4.79 Å². The highest BCUT2D eigenvalue weighted by Gasteiger charge is 2.35. The number of aliphatic imine (C=N–C) groups is 1. The third-order valence-electron chi connectivity index (χ3n) is 3.16. The van der Waals surface area contributed by atoms with Crippen molar-refractivity contribution in [3.63, 3.8) is 0 Å². The molecule has 1 atom stereocenters. The van der Waals surface area contributed by atoms with Gasteiger partial charge < -0.3 is 5.32 Å². The van der Waals surface area contributed by atoms with E-state index in [-0.39, 0.29) is 10.8 Å². The molecule has 0 saturated carbocycles. The standard InChI is InChI=1S/C13H15N3O4S/c1-10(18)15-11-4-6-12(7-5-11)21(19,20)16-8-2-3-13(16)14-9-17/h4-7,13H,2-3,8H2,1H3,(H,15,18). The van der Waals surface area contributed by atoms with Gasteiger partial charge in [-0.05, 0) is 37.1 Å². The second-order valence-corrected chi connectivity index (χ2v) is 6.56. The molecule has 8 heteroatoms. The Morgan fingerprint density at radius 2 is 2.05 bits per heavy atom. The Kier molecular flexibility index (Phi) is 4.52. The number of benzene rings is 1. The molecule has 1 N–H and O–H groups in total. The minimum Gasteiger partial charge on any atom is -0.326 e. The van der Waals surface area contributed by atoms with Gasteiger partial charge in [-0.15, -0.1) is 0 Å². The molecule has 1 amide bonds. The summed E-state index contributed by atoms with van der Waals surface area (Å²) in [5.41, 5.74) is 0.519. The largest absolute Gasteiger partial charge is 0.326 e. The lowest BCUT2D eigenvalue weighted by Gasteiger charge is -2.20. The predicted octanol–water partition coefficient (Wildman–Crippen LogP) is 1.09. The molecule has 1 aromatic carbocycles. The molecule has 7 nitrogen and oxygen atoms in total. The fraction of sp³-hybridized carbons (Fsp3) is 0.385. The maximum absolute atomic E-state index is 12.5. The quantitative estimate of drug-likeness (QED) is 0.665. The van der Waals surface area contributed by atoms with Gasteiger partial charge in [0.1, 0.15) is 6.17 Å². The van der Waals surface area contributed by atoms with Gasteiger partial charge in [-0.2, -0.15) is 9.30 Å². The summed E-state index contributed by atoms with van der Waals surface area (Å²) < 4.78 is 26.2. The van der Waals surface area contributed by atoms with Crippen LogP contribution in [0.4, 0.5) is 5.69 Å². The third kappa shape index (κ3) is 3.36. The summed E-state index contributed by atoms with van der Waals surface area (Å²) in [4.78, 5) is 24.9. The van der Waals surface area contributed by atoms with E-state index in [1.807, 2.05) is 0 Å². The number of rotatable bonds is 4. The minimum atomic E-state index is -3.71. The Morgan fingerprint density at radius 1 is 1.38 bits per heavy atom. The first kappa shape index (κ1) is 15.4. The number of sulfonamides is 1. The summed E-state index contributed by atoms with van der Waals surface area (Å²) in [5.74, 6) is -0.231. The molecule has 0 radical (unpaired) electrons. The maximum atomic E-state index is 12.5. The van der Waals surface area contributed by atoms with Crippen molar-refractivity contribution in [2.45, 2.75) is 30.8 Å². The highest BCUT2D eigenvalue weighted by atomic mass is 32.2. The summed E-state index contributed by atoms with van der Waals surface area (Å²) in [5, 5.41) is 2.56. The topological polar surface area (TPSA) is 95.9 Å². The van der Waals surface area contributed by atoms with E-state index in [0.717, 1.165) is 0 Å². The lowest BCUT2D eigenvalue weighted by Crippen LogP contribution is -2.34. The van der Waals surface area contributed by atoms with Gasteiger partial charge in [0.05, 0.1) is 4.90 Å². The molecule has 0 spiro atoms. The van der Waals surface area contributed by atoms with Crippen LogP contribution in [-0.2, 0) is 19.6 Å². The van der Waals surface area contributed by atoms with Crippen molar-refractivity contribution in [3.8, 4) is 0 Å². The molecule has 1 heterocycles. The number of carbonyl (C=O) groups is 1. The smallest absolute Gasteiger partial charge is 0.244 e. The van der Waals surface area contributed by atoms with Gasteiger partial charge >= 0.3 is 0 Å². The molecule has 1 saturated heterocycles. The lowest BCUT2D eigenvalue weighted by molar-refractivity contribution is -0.114. The highest BCUT2D eigenvalue weighted by molar-refractivity contribution is 7.89. The third-order valence-corrected chi connectivity index (χ3v) is 5.07. The molecule has 0 bridgehead atoms. The van der Waals surface area contributed by atoms with Crippen LogP contribution in [-0.4, -0.2) is 37.4 Å². The molecular weight excluding hydrogens is 294 g/mol. The molecule has 1 aromatic rings. The van der Waals surface area contributed by atoms with E-state index in [0.29, 0.717) is 25.1 Å². The highest BCUT2D eigenvalue weighted by Crippen LogP contribution is 2.27. The first-order chi connectivity index (χ1) is 9.95. The number of hydrogen-bond acceptors (Lipinski definition) is 5. The number of isocyanates is 1. The normalized spacial score (nSPS) is 19.0. The Bertz CT molecular complexity index is 678. The van der Waals surface area contributed by atoms with E-state index in [9.17, 15) is 18.0 Å². The molecular formula is C13H15N3O4S. The zero-order chi connectivity index (χ0) is 15.5. The van der Waals surface area contributed by atoms with E-state index in [1.165, 1.54) is 41.6 Å². The predicted molar refractivity (Wildman–Crippen MR) is 75.8 cm³/mol. The first-order valence-electron chi connectivity index (χ1n) is 6.41. The van der Waals surface area contributed by atoms with Gasteiger partial charge in [-0.25, -0.2) is 13.2 Å². The second-order valence-electron chi connectivity index (χ2n) is 4.66. The first-order valence-corrected chi connectivity index (χ1v) is 7.85. The molecule has 1 aliphatic rings. The lowest BCUT2D eigenvalue weighted by atomic mass is 10.3. The van der Waals surface area contributed by atoms with Gasteiger partial charge in [0.15, 0.2) is 0 Å². The number of hydrogen-bond donors (Lipinski definition) is 1. The Morgan fingerprint density at radius 3 is 2.62 bits per heavy atom. The number of anilines is 1. The van der Waals surface area contributed by atoms with Crippen LogP contribution in [0.15, 0.2) is 34.2 Å². The van der Waals surface area contributed by atoms with Crippen molar-refractivity contribution in [2.24, 2.45) is 4.99 Å². The van der Waals surface area contributed by atoms with Crippen molar-refractivity contribution in [2.75, 3.05) is 11.9 Å². The van der Waals surface area contributed by atoms with Gasteiger partial charge in [-0.1, -0.05) is 0 Å². The average molecular weight is 309 g/mol. The fourth-order valence-electron chi connectivity index (χ4n) is 2.24. The summed E-state index contributed by atoms with van der Waals surface area (Å²) in [6.07, 6.45) is 1.90. The van der Waals surface area contributed by atoms with Crippen LogP contribution in [0.25, 0.3) is 0 Å². The summed E-state index contributed by atoms with van der Waals surface area (Å²) in [7, 11) is -3.71. The number of nitrogens with zero attached hydrogens (tertiary/aromatic N) is 2. The molecule has 1 aliphatic heterocycles. The zero-order valence-corrected chi connectivity index (χ0v) is 12.3. The van der Waals surface area contributed by atoms with Crippen molar-refractivity contribution in [3.05, 3.63) is 24.3 Å². The number of amides is 1. The second kappa shape index (κ2) is 6.17. The van der Waals surface area contributed by atoms with E-state index >= 15 is 0 Å². The summed E-state index contributed by atoms with van der Waals surface area (Å²) in [6.45, 7) is 1.70. The Labute approximate surface area is 122 Å². The molecule has 1 fully saturated rings. The summed E-state index contributed by atoms with van der Waals surface area (Å²) in [6, 6.07) is 5.87. The average Bonchev–Trinajstić information content (AvgIpc) is 2.88. The molecule has 1 unspecified atom stereocenters. The van der Waals surface area contributed by atoms with Crippen LogP contribution >= 0.6 is 0 Å². The van der Waals surface area contributed by atoms with Crippen LogP contribution in [0.2, 0.25) is 0 Å². The number of carbonyl (C=O) groups excluding carboxylic acids is 2. The Hall–Kier alpha value is -2.02. The molecule has 2 rings (SSSR count). The Balaban J connectivity index is 2.27. The van der Waals surface area contributed by atoms with E-state index in [2.05, 4.69) is 10.3 Å². The molecule has 21 heavy (non-hydrogen) atoms. The van der Waals surface area contributed by atoms with Crippen LogP contribution in [0.5, 0.6) is 0 Å². The van der Waals surface area contributed by atoms with Crippen molar-refractivity contribution >= 4 is 27.7 Å². The molecule has 112 valence electrons. The minimum absolute atomic E-state index is 0.101. The van der Waals surface area contributed by atoms with Crippen molar-refractivity contribution < 1.29 is 18.0 Å². The SMILES string of the molecule is CC(=O)Nc1ccc(S(=O)(=O)N2CCCC2N=C=O)cc1. The maximum Gasteiger partial charge on any atom is 0.244 e. The molecule has 0 aliphatic carbocycles. The summed E-state index contributed by atoms with van der Waals surface area (Å²) >= 11 is 0. The monoisotopic (exact) mass is 309 g/mol. The van der Waals surface area contributed by atoms with E-state index in [4.69, 9.17) is 0 Å². The molecule has 0 aromatic heterocycles. The number of nitrogens with one attached hydrogen (secondary N) is 1. The van der Waals surface area contributed by atoms with Gasteiger partial charge in [0, 0.05) is 19.2 Å². The van der Waals surface area contributed by atoms with Gasteiger partial charge in [0.25, 0.3) is 0 Å². The zero-order valence-electron chi connectivity index (χ0n) is 11.4. The fourth-order valence-corrected chi connectivity index (χ4v) is 3.83. The van der Waals surface area contributed by atoms with Crippen LogP contribution in [0.1, 0.15) is 19.8 Å². The van der Waals surface area contributed by atoms with Gasteiger partial charge in [0.2, 0.25) is 22.0 Å². The van der Waals surface area contributed by atoms with Crippen molar-refractivity contribution in [1.82, 2.24) is 4.31 Å². The van der Waals surface area contributed by atoms with Crippen molar-refractivity contribution in [1.29, 1.82) is 0 Å².